The minimum absolute atomic E-state index is 0.151. The van der Waals surface area contributed by atoms with E-state index >= 15 is 0 Å². The number of hydrogen-bond donors (Lipinski definition) is 1. The van der Waals surface area contributed by atoms with E-state index in [9.17, 15) is 9.59 Å². The highest BCUT2D eigenvalue weighted by Gasteiger charge is 2.16. The van der Waals surface area contributed by atoms with Crippen LogP contribution in [0.3, 0.4) is 0 Å². The van der Waals surface area contributed by atoms with Crippen LogP contribution < -0.4 is 10.2 Å². The van der Waals surface area contributed by atoms with Crippen LogP contribution in [0.5, 0.6) is 5.75 Å². The van der Waals surface area contributed by atoms with Crippen molar-refractivity contribution >= 4 is 29.9 Å². The van der Waals surface area contributed by atoms with E-state index in [0.717, 1.165) is 11.3 Å². The van der Waals surface area contributed by atoms with Gasteiger partial charge in [0, 0.05) is 5.75 Å². The van der Waals surface area contributed by atoms with Gasteiger partial charge in [-0.3, -0.25) is 4.79 Å². The van der Waals surface area contributed by atoms with Crippen molar-refractivity contribution < 1.29 is 19.1 Å². The van der Waals surface area contributed by atoms with Crippen LogP contribution in [0.4, 0.5) is 0 Å². The van der Waals surface area contributed by atoms with Gasteiger partial charge in [-0.25, -0.2) is 10.2 Å². The number of hydrazone groups is 1. The van der Waals surface area contributed by atoms with E-state index in [-0.39, 0.29) is 12.5 Å². The number of nitrogens with zero attached hydrogens (tertiary/aromatic N) is 1. The first kappa shape index (κ1) is 23.5. The first-order valence-electron chi connectivity index (χ1n) is 9.62. The fraction of sp³-hybridized carbons (Fsp3) is 0.348. The van der Waals surface area contributed by atoms with Crippen LogP contribution in [0.15, 0.2) is 53.6 Å². The molecule has 1 amide bonds. The lowest BCUT2D eigenvalue weighted by molar-refractivity contribution is -0.157. The highest BCUT2D eigenvalue weighted by atomic mass is 32.2. The van der Waals surface area contributed by atoms with E-state index in [1.807, 2.05) is 12.1 Å². The molecule has 0 unspecified atom stereocenters. The van der Waals surface area contributed by atoms with Crippen LogP contribution >= 0.6 is 11.8 Å². The van der Waals surface area contributed by atoms with E-state index in [0.29, 0.717) is 11.5 Å². The van der Waals surface area contributed by atoms with Crippen molar-refractivity contribution in [3.63, 3.8) is 0 Å². The van der Waals surface area contributed by atoms with Crippen LogP contribution in [0.2, 0.25) is 0 Å². The highest BCUT2D eigenvalue weighted by Crippen LogP contribution is 2.15. The summed E-state index contributed by atoms with van der Waals surface area (Å²) in [5.41, 5.74) is 5.24. The van der Waals surface area contributed by atoms with Crippen LogP contribution in [-0.2, 0) is 20.1 Å². The Kier molecular flexibility index (Phi) is 8.92. The van der Waals surface area contributed by atoms with E-state index < -0.39 is 11.6 Å². The van der Waals surface area contributed by atoms with Crippen molar-refractivity contribution in [2.75, 3.05) is 12.4 Å². The summed E-state index contributed by atoms with van der Waals surface area (Å²) in [5.74, 6) is 1.10. The Bertz CT molecular complexity index is 874. The molecule has 0 aliphatic carbocycles. The van der Waals surface area contributed by atoms with Crippen molar-refractivity contribution in [1.29, 1.82) is 0 Å². The second-order valence-electron chi connectivity index (χ2n) is 7.66. The maximum absolute atomic E-state index is 11.9. The van der Waals surface area contributed by atoms with E-state index in [1.165, 1.54) is 11.1 Å². The SMILES string of the molecule is Cc1ccccc1CSCC(=O)N/N=C/c1ccc(OCC(=O)OC(C)(C)C)cc1. The van der Waals surface area contributed by atoms with Gasteiger partial charge in [0.25, 0.3) is 0 Å². The van der Waals surface area contributed by atoms with Crippen LogP contribution in [0.1, 0.15) is 37.5 Å². The Morgan fingerprint density at radius 3 is 2.47 bits per heavy atom. The highest BCUT2D eigenvalue weighted by molar-refractivity contribution is 7.99. The summed E-state index contributed by atoms with van der Waals surface area (Å²) >= 11 is 1.55. The average molecular weight is 429 g/mol. The predicted octanol–water partition coefficient (Wildman–Crippen LogP) is 4.10. The Hall–Kier alpha value is -2.80. The van der Waals surface area contributed by atoms with Crippen LogP contribution in [0, 0.1) is 6.92 Å². The second kappa shape index (κ2) is 11.4. The smallest absolute Gasteiger partial charge is 0.344 e. The standard InChI is InChI=1S/C23H28N2O4S/c1-17-7-5-6-8-19(17)15-30-16-21(26)25-24-13-18-9-11-20(12-10-18)28-14-22(27)29-23(2,3)4/h5-13H,14-16H2,1-4H3,(H,25,26)/b24-13+. The molecule has 2 aromatic rings. The fourth-order valence-electron chi connectivity index (χ4n) is 2.40. The minimum atomic E-state index is -0.538. The molecule has 6 nitrogen and oxygen atoms in total. The number of ether oxygens (including phenoxy) is 2. The third kappa shape index (κ3) is 9.13. The monoisotopic (exact) mass is 428 g/mol. The normalized spacial score (nSPS) is 11.3. The molecule has 30 heavy (non-hydrogen) atoms. The van der Waals surface area contributed by atoms with Crippen molar-refractivity contribution in [2.45, 2.75) is 39.0 Å². The van der Waals surface area contributed by atoms with Crippen molar-refractivity contribution in [1.82, 2.24) is 5.43 Å². The zero-order valence-corrected chi connectivity index (χ0v) is 18.6. The summed E-state index contributed by atoms with van der Waals surface area (Å²) in [6.45, 7) is 7.33. The van der Waals surface area contributed by atoms with E-state index in [4.69, 9.17) is 9.47 Å². The number of aryl methyl sites for hydroxylation is 1. The summed E-state index contributed by atoms with van der Waals surface area (Å²) in [6, 6.07) is 15.2. The molecule has 2 aromatic carbocycles. The van der Waals surface area contributed by atoms with Crippen molar-refractivity contribution in [2.24, 2.45) is 5.10 Å². The Morgan fingerprint density at radius 2 is 1.80 bits per heavy atom. The third-order valence-corrected chi connectivity index (χ3v) is 4.79. The lowest BCUT2D eigenvalue weighted by atomic mass is 10.1. The topological polar surface area (TPSA) is 77.0 Å². The molecule has 0 aliphatic heterocycles. The summed E-state index contributed by atoms with van der Waals surface area (Å²) in [7, 11) is 0. The minimum Gasteiger partial charge on any atom is -0.482 e. The van der Waals surface area contributed by atoms with Gasteiger partial charge in [0.05, 0.1) is 12.0 Å². The van der Waals surface area contributed by atoms with Gasteiger partial charge >= 0.3 is 5.97 Å². The van der Waals surface area contributed by atoms with Gasteiger partial charge in [-0.05, 0) is 68.7 Å². The van der Waals surface area contributed by atoms with Crippen molar-refractivity contribution in [3.05, 3.63) is 65.2 Å². The van der Waals surface area contributed by atoms with Gasteiger partial charge < -0.3 is 9.47 Å². The summed E-state index contributed by atoms with van der Waals surface area (Å²) in [4.78, 5) is 23.6. The molecule has 0 saturated carbocycles. The number of hydrogen-bond acceptors (Lipinski definition) is 6. The first-order chi connectivity index (χ1) is 14.2. The van der Waals surface area contributed by atoms with Gasteiger partial charge in [0.15, 0.2) is 6.61 Å². The number of thioether (sulfide) groups is 1. The molecule has 0 bridgehead atoms. The molecule has 0 saturated heterocycles. The van der Waals surface area contributed by atoms with Crippen molar-refractivity contribution in [3.8, 4) is 5.75 Å². The number of benzene rings is 2. The molecular weight excluding hydrogens is 400 g/mol. The molecule has 1 N–H and O–H groups in total. The summed E-state index contributed by atoms with van der Waals surface area (Å²) in [6.07, 6.45) is 1.56. The number of nitrogens with one attached hydrogen (secondary N) is 1. The zero-order valence-electron chi connectivity index (χ0n) is 17.8. The average Bonchev–Trinajstić information content (AvgIpc) is 2.67. The number of carbonyl (C=O) groups is 2. The number of carbonyl (C=O) groups excluding carboxylic acids is 2. The molecule has 0 aliphatic rings. The molecule has 0 aromatic heterocycles. The maximum Gasteiger partial charge on any atom is 0.344 e. The number of amides is 1. The van der Waals surface area contributed by atoms with E-state index in [2.05, 4.69) is 29.6 Å². The fourth-order valence-corrected chi connectivity index (χ4v) is 3.30. The Balaban J connectivity index is 1.70. The van der Waals surface area contributed by atoms with Crippen LogP contribution in [-0.4, -0.2) is 36.1 Å². The Labute approximate surface area is 182 Å². The maximum atomic E-state index is 11.9. The lowest BCUT2D eigenvalue weighted by Crippen LogP contribution is -2.27. The molecule has 160 valence electrons. The summed E-state index contributed by atoms with van der Waals surface area (Å²) in [5, 5.41) is 3.98. The van der Waals surface area contributed by atoms with Gasteiger partial charge in [-0.1, -0.05) is 24.3 Å². The number of rotatable bonds is 9. The van der Waals surface area contributed by atoms with Gasteiger partial charge in [0.2, 0.25) is 5.91 Å². The molecule has 2 rings (SSSR count). The molecule has 0 heterocycles. The largest absolute Gasteiger partial charge is 0.482 e. The third-order valence-electron chi connectivity index (χ3n) is 3.81. The molecule has 0 radical (unpaired) electrons. The van der Waals surface area contributed by atoms with Gasteiger partial charge in [-0.2, -0.15) is 5.10 Å². The molecule has 0 atom stereocenters. The van der Waals surface area contributed by atoms with Crippen LogP contribution in [0.25, 0.3) is 0 Å². The first-order valence-corrected chi connectivity index (χ1v) is 10.8. The Morgan fingerprint density at radius 1 is 1.10 bits per heavy atom. The lowest BCUT2D eigenvalue weighted by Gasteiger charge is -2.19. The zero-order chi connectivity index (χ0) is 22.0. The predicted molar refractivity (Wildman–Crippen MR) is 121 cm³/mol. The quantitative estimate of drug-likeness (QED) is 0.370. The van der Waals surface area contributed by atoms with Gasteiger partial charge in [0.1, 0.15) is 11.4 Å². The van der Waals surface area contributed by atoms with Gasteiger partial charge in [-0.15, -0.1) is 11.8 Å². The summed E-state index contributed by atoms with van der Waals surface area (Å²) < 4.78 is 10.6. The molecule has 0 spiro atoms. The number of esters is 1. The van der Waals surface area contributed by atoms with E-state index in [1.54, 1.807) is 63.0 Å². The molecule has 0 fully saturated rings. The molecule has 7 heteroatoms. The molecular formula is C23H28N2O4S. The second-order valence-corrected chi connectivity index (χ2v) is 8.64.